The quantitative estimate of drug-likeness (QED) is 0.846. The minimum atomic E-state index is 0.123. The van der Waals surface area contributed by atoms with Crippen LogP contribution < -0.4 is 5.73 Å². The zero-order valence-corrected chi connectivity index (χ0v) is 9.64. The van der Waals surface area contributed by atoms with Crippen molar-refractivity contribution in [3.05, 3.63) is 34.4 Å². The first kappa shape index (κ1) is 9.74. The molecule has 0 aliphatic heterocycles. The van der Waals surface area contributed by atoms with Crippen molar-refractivity contribution in [2.75, 3.05) is 0 Å². The Morgan fingerprint density at radius 3 is 3.00 bits per heavy atom. The lowest BCUT2D eigenvalue weighted by Crippen LogP contribution is -2.07. The van der Waals surface area contributed by atoms with Gasteiger partial charge in [0.15, 0.2) is 0 Å². The molecule has 0 amide bonds. The maximum absolute atomic E-state index is 6.02. The Bertz CT molecular complexity index is 447. The molecule has 2 rings (SSSR count). The van der Waals surface area contributed by atoms with E-state index in [1.807, 2.05) is 12.3 Å². The lowest BCUT2D eigenvalue weighted by Gasteiger charge is -2.06. The Kier molecular flexibility index (Phi) is 2.61. The fraction of sp³-hybridized carbons (Fsp3) is 0.273. The molecule has 0 aliphatic carbocycles. The van der Waals surface area contributed by atoms with Crippen LogP contribution in [0.1, 0.15) is 24.9 Å². The molecule has 0 fully saturated rings. The number of nitrogens with two attached hydrogens (primary N) is 1. The topological polar surface area (TPSA) is 41.8 Å². The van der Waals surface area contributed by atoms with Gasteiger partial charge >= 0.3 is 0 Å². The molecule has 0 bridgehead atoms. The van der Waals surface area contributed by atoms with Gasteiger partial charge in [-0.1, -0.05) is 22.9 Å². The van der Waals surface area contributed by atoms with Gasteiger partial charge in [0.05, 0.1) is 0 Å². The molecule has 3 N–H and O–H groups in total. The largest absolute Gasteiger partial charge is 0.361 e. The number of rotatable bonds is 2. The van der Waals surface area contributed by atoms with Crippen molar-refractivity contribution in [2.24, 2.45) is 5.73 Å². The number of aromatic amines is 1. The molecule has 0 aliphatic rings. The molecule has 1 atom stereocenters. The number of nitrogens with one attached hydrogen (secondary N) is 1. The van der Waals surface area contributed by atoms with E-state index in [0.29, 0.717) is 0 Å². The molecule has 0 radical (unpaired) electrons. The van der Waals surface area contributed by atoms with Crippen LogP contribution in [0.4, 0.5) is 0 Å². The van der Waals surface area contributed by atoms with Crippen LogP contribution in [0.3, 0.4) is 0 Å². The minimum Gasteiger partial charge on any atom is -0.361 e. The molecule has 74 valence electrons. The Hall–Kier alpha value is -0.800. The lowest BCUT2D eigenvalue weighted by atomic mass is 10.0. The van der Waals surface area contributed by atoms with E-state index in [9.17, 15) is 0 Å². The average Bonchev–Trinajstić information content (AvgIpc) is 2.59. The summed E-state index contributed by atoms with van der Waals surface area (Å²) in [4.78, 5) is 3.23. The fourth-order valence-electron chi connectivity index (χ4n) is 1.64. The molecule has 14 heavy (non-hydrogen) atoms. The SMILES string of the molecule is CCC(N)c1c[nH]c2ccc(Br)cc12. The van der Waals surface area contributed by atoms with E-state index in [1.165, 1.54) is 10.9 Å². The van der Waals surface area contributed by atoms with Crippen molar-refractivity contribution in [3.63, 3.8) is 0 Å². The highest BCUT2D eigenvalue weighted by molar-refractivity contribution is 9.10. The van der Waals surface area contributed by atoms with Gasteiger partial charge in [-0.05, 0) is 30.2 Å². The molecule has 0 saturated carbocycles. The summed E-state index contributed by atoms with van der Waals surface area (Å²) in [5, 5.41) is 1.22. The summed E-state index contributed by atoms with van der Waals surface area (Å²) in [6.45, 7) is 2.10. The van der Waals surface area contributed by atoms with Crippen LogP contribution in [0.2, 0.25) is 0 Å². The van der Waals surface area contributed by atoms with Gasteiger partial charge < -0.3 is 10.7 Å². The number of fused-ring (bicyclic) bond motifs is 1. The maximum Gasteiger partial charge on any atom is 0.0458 e. The van der Waals surface area contributed by atoms with Gasteiger partial charge in [0.25, 0.3) is 0 Å². The molecule has 1 aromatic heterocycles. The van der Waals surface area contributed by atoms with E-state index in [-0.39, 0.29) is 6.04 Å². The molecule has 0 spiro atoms. The summed E-state index contributed by atoms with van der Waals surface area (Å²) in [6, 6.07) is 6.32. The maximum atomic E-state index is 6.02. The van der Waals surface area contributed by atoms with Gasteiger partial charge in [0, 0.05) is 27.6 Å². The third-order valence-corrected chi connectivity index (χ3v) is 3.01. The first-order chi connectivity index (χ1) is 6.72. The summed E-state index contributed by atoms with van der Waals surface area (Å²) in [5.74, 6) is 0. The minimum absolute atomic E-state index is 0.123. The zero-order chi connectivity index (χ0) is 10.1. The second kappa shape index (κ2) is 3.75. The summed E-state index contributed by atoms with van der Waals surface area (Å²) in [5.41, 5.74) is 8.36. The van der Waals surface area contributed by atoms with Gasteiger partial charge in [0.2, 0.25) is 0 Å². The van der Waals surface area contributed by atoms with Crippen LogP contribution in [-0.4, -0.2) is 4.98 Å². The first-order valence-electron chi connectivity index (χ1n) is 4.74. The van der Waals surface area contributed by atoms with Crippen molar-refractivity contribution < 1.29 is 0 Å². The molecule has 0 saturated heterocycles. The number of hydrogen-bond donors (Lipinski definition) is 2. The highest BCUT2D eigenvalue weighted by atomic mass is 79.9. The number of aromatic nitrogens is 1. The molecule has 1 unspecified atom stereocenters. The summed E-state index contributed by atoms with van der Waals surface area (Å²) < 4.78 is 1.09. The predicted octanol–water partition coefficient (Wildman–Crippen LogP) is 3.34. The third-order valence-electron chi connectivity index (χ3n) is 2.52. The zero-order valence-electron chi connectivity index (χ0n) is 8.05. The first-order valence-corrected chi connectivity index (χ1v) is 5.53. The Morgan fingerprint density at radius 1 is 1.50 bits per heavy atom. The van der Waals surface area contributed by atoms with Gasteiger partial charge in [-0.3, -0.25) is 0 Å². The van der Waals surface area contributed by atoms with E-state index < -0.39 is 0 Å². The van der Waals surface area contributed by atoms with Crippen LogP contribution in [0.15, 0.2) is 28.9 Å². The number of H-pyrrole nitrogens is 1. The van der Waals surface area contributed by atoms with Crippen molar-refractivity contribution in [2.45, 2.75) is 19.4 Å². The Labute approximate surface area is 91.6 Å². The van der Waals surface area contributed by atoms with Crippen molar-refractivity contribution >= 4 is 26.8 Å². The molecule has 1 aromatic carbocycles. The monoisotopic (exact) mass is 252 g/mol. The smallest absolute Gasteiger partial charge is 0.0458 e. The van der Waals surface area contributed by atoms with Gasteiger partial charge in [-0.15, -0.1) is 0 Å². The van der Waals surface area contributed by atoms with E-state index in [4.69, 9.17) is 5.73 Å². The standard InChI is InChI=1S/C11H13BrN2/c1-2-10(13)9-6-14-11-4-3-7(12)5-8(9)11/h3-6,10,14H,2,13H2,1H3. The number of halogens is 1. The fourth-order valence-corrected chi connectivity index (χ4v) is 2.00. The van der Waals surface area contributed by atoms with Crippen molar-refractivity contribution in [3.8, 4) is 0 Å². The second-order valence-corrected chi connectivity index (χ2v) is 4.36. The van der Waals surface area contributed by atoms with E-state index in [1.54, 1.807) is 0 Å². The van der Waals surface area contributed by atoms with Crippen LogP contribution >= 0.6 is 15.9 Å². The normalized spacial score (nSPS) is 13.4. The number of hydrogen-bond acceptors (Lipinski definition) is 1. The average molecular weight is 253 g/mol. The summed E-state index contributed by atoms with van der Waals surface area (Å²) in [7, 11) is 0. The van der Waals surface area contributed by atoms with E-state index >= 15 is 0 Å². The van der Waals surface area contributed by atoms with Crippen LogP contribution in [0.5, 0.6) is 0 Å². The van der Waals surface area contributed by atoms with Crippen LogP contribution in [0, 0.1) is 0 Å². The second-order valence-electron chi connectivity index (χ2n) is 3.45. The predicted molar refractivity (Wildman–Crippen MR) is 63.2 cm³/mol. The van der Waals surface area contributed by atoms with Gasteiger partial charge in [-0.25, -0.2) is 0 Å². The van der Waals surface area contributed by atoms with Gasteiger partial charge in [0.1, 0.15) is 0 Å². The van der Waals surface area contributed by atoms with Crippen LogP contribution in [-0.2, 0) is 0 Å². The van der Waals surface area contributed by atoms with Gasteiger partial charge in [-0.2, -0.15) is 0 Å². The highest BCUT2D eigenvalue weighted by Gasteiger charge is 2.09. The molecule has 2 nitrogen and oxygen atoms in total. The summed E-state index contributed by atoms with van der Waals surface area (Å²) >= 11 is 3.47. The molecule has 3 heteroatoms. The molecular formula is C11H13BrN2. The summed E-state index contributed by atoms with van der Waals surface area (Å²) in [6.07, 6.45) is 2.96. The van der Waals surface area contributed by atoms with E-state index in [0.717, 1.165) is 16.4 Å². The number of benzene rings is 1. The molecule has 1 heterocycles. The van der Waals surface area contributed by atoms with E-state index in [2.05, 4.69) is 40.0 Å². The highest BCUT2D eigenvalue weighted by Crippen LogP contribution is 2.27. The molecule has 2 aromatic rings. The molecular weight excluding hydrogens is 240 g/mol. The van der Waals surface area contributed by atoms with Crippen molar-refractivity contribution in [1.29, 1.82) is 0 Å². The third kappa shape index (κ3) is 1.57. The lowest BCUT2D eigenvalue weighted by molar-refractivity contribution is 0.704. The Morgan fingerprint density at radius 2 is 2.29 bits per heavy atom. The Balaban J connectivity index is 2.61. The van der Waals surface area contributed by atoms with Crippen LogP contribution in [0.25, 0.3) is 10.9 Å². The van der Waals surface area contributed by atoms with Crippen molar-refractivity contribution in [1.82, 2.24) is 4.98 Å².